The Morgan fingerprint density at radius 3 is 2.19 bits per heavy atom. The molecule has 26 heavy (non-hydrogen) atoms. The molecule has 0 spiro atoms. The third-order valence-electron chi connectivity index (χ3n) is 3.62. The van der Waals surface area contributed by atoms with Gasteiger partial charge in [-0.2, -0.15) is 0 Å². The second-order valence-corrected chi connectivity index (χ2v) is 7.86. The zero-order valence-electron chi connectivity index (χ0n) is 14.8. The number of sulfonamides is 1. The van der Waals surface area contributed by atoms with Gasteiger partial charge in [-0.3, -0.25) is 9.59 Å². The fourth-order valence-electron chi connectivity index (χ4n) is 2.18. The van der Waals surface area contributed by atoms with Crippen molar-refractivity contribution in [2.45, 2.75) is 11.8 Å². The van der Waals surface area contributed by atoms with Gasteiger partial charge in [-0.05, 0) is 49.4 Å². The lowest BCUT2D eigenvalue weighted by Gasteiger charge is -2.12. The molecule has 0 aliphatic carbocycles. The molecule has 0 aliphatic rings. The number of rotatable bonds is 6. The minimum Gasteiger partial charge on any atom is -0.352 e. The highest BCUT2D eigenvalue weighted by Gasteiger charge is 2.18. The van der Waals surface area contributed by atoms with Crippen LogP contribution in [0.2, 0.25) is 0 Å². The van der Waals surface area contributed by atoms with Crippen LogP contribution in [-0.4, -0.2) is 45.2 Å². The predicted octanol–water partition coefficient (Wildman–Crippen LogP) is 1.94. The SMILES string of the molecule is CCNC(=O)c1ccc(NC(=O)c2cccc(S(=O)(=O)N(C)C)c2)cc1. The first-order valence-corrected chi connectivity index (χ1v) is 9.42. The molecule has 2 amide bonds. The average molecular weight is 375 g/mol. The van der Waals surface area contributed by atoms with Crippen molar-refractivity contribution in [2.24, 2.45) is 0 Å². The van der Waals surface area contributed by atoms with Gasteiger partial charge in [0.05, 0.1) is 4.90 Å². The maximum absolute atomic E-state index is 12.4. The maximum Gasteiger partial charge on any atom is 0.255 e. The molecule has 2 aromatic rings. The first-order valence-electron chi connectivity index (χ1n) is 7.98. The van der Waals surface area contributed by atoms with Crippen LogP contribution in [0.5, 0.6) is 0 Å². The summed E-state index contributed by atoms with van der Waals surface area (Å²) in [6, 6.07) is 12.3. The van der Waals surface area contributed by atoms with E-state index in [0.717, 1.165) is 4.31 Å². The first-order chi connectivity index (χ1) is 12.3. The van der Waals surface area contributed by atoms with E-state index in [-0.39, 0.29) is 16.4 Å². The Bertz CT molecular complexity index is 906. The van der Waals surface area contributed by atoms with Crippen LogP contribution in [0.1, 0.15) is 27.6 Å². The molecule has 0 fully saturated rings. The molecule has 0 bridgehead atoms. The summed E-state index contributed by atoms with van der Waals surface area (Å²) >= 11 is 0. The molecule has 8 heteroatoms. The van der Waals surface area contributed by atoms with Crippen LogP contribution in [0.4, 0.5) is 5.69 Å². The van der Waals surface area contributed by atoms with Crippen LogP contribution in [0, 0.1) is 0 Å². The predicted molar refractivity (Wildman–Crippen MR) is 99.7 cm³/mol. The largest absolute Gasteiger partial charge is 0.352 e. The standard InChI is InChI=1S/C18H21N3O4S/c1-4-19-17(22)13-8-10-15(11-9-13)20-18(23)14-6-5-7-16(12-14)26(24,25)21(2)3/h5-12H,4H2,1-3H3,(H,19,22)(H,20,23). The van der Waals surface area contributed by atoms with E-state index in [1.54, 1.807) is 24.3 Å². The number of anilines is 1. The molecule has 0 radical (unpaired) electrons. The van der Waals surface area contributed by atoms with E-state index < -0.39 is 15.9 Å². The Kier molecular flexibility index (Phi) is 6.12. The summed E-state index contributed by atoms with van der Waals surface area (Å²) in [7, 11) is -0.760. The van der Waals surface area contributed by atoms with Gasteiger partial charge in [-0.1, -0.05) is 6.07 Å². The number of amides is 2. The first kappa shape index (κ1) is 19.6. The molecule has 2 aromatic carbocycles. The van der Waals surface area contributed by atoms with Crippen LogP contribution in [-0.2, 0) is 10.0 Å². The van der Waals surface area contributed by atoms with Crippen molar-refractivity contribution >= 4 is 27.5 Å². The van der Waals surface area contributed by atoms with E-state index in [0.29, 0.717) is 17.8 Å². The van der Waals surface area contributed by atoms with Crippen molar-refractivity contribution in [3.05, 3.63) is 59.7 Å². The van der Waals surface area contributed by atoms with E-state index >= 15 is 0 Å². The normalized spacial score (nSPS) is 11.2. The molecular formula is C18H21N3O4S. The van der Waals surface area contributed by atoms with Gasteiger partial charge in [0.1, 0.15) is 0 Å². The minimum atomic E-state index is -3.62. The number of nitrogens with zero attached hydrogens (tertiary/aromatic N) is 1. The topological polar surface area (TPSA) is 95.6 Å². The fraction of sp³-hybridized carbons (Fsp3) is 0.222. The number of hydrogen-bond acceptors (Lipinski definition) is 4. The molecule has 0 saturated heterocycles. The van der Waals surface area contributed by atoms with E-state index in [1.165, 1.54) is 38.4 Å². The number of hydrogen-bond donors (Lipinski definition) is 2. The van der Waals surface area contributed by atoms with Gasteiger partial charge in [0, 0.05) is 37.5 Å². The maximum atomic E-state index is 12.4. The van der Waals surface area contributed by atoms with Crippen LogP contribution < -0.4 is 10.6 Å². The summed E-state index contributed by atoms with van der Waals surface area (Å²) in [5.74, 6) is -0.626. The molecule has 2 N–H and O–H groups in total. The number of carbonyl (C=O) groups excluding carboxylic acids is 2. The van der Waals surface area contributed by atoms with Crippen LogP contribution in [0.15, 0.2) is 53.4 Å². The lowest BCUT2D eigenvalue weighted by atomic mass is 10.1. The third kappa shape index (κ3) is 4.47. The molecule has 0 unspecified atom stereocenters. The summed E-state index contributed by atoms with van der Waals surface area (Å²) in [5, 5.41) is 5.38. The number of benzene rings is 2. The third-order valence-corrected chi connectivity index (χ3v) is 5.43. The van der Waals surface area contributed by atoms with Crippen LogP contribution in [0.25, 0.3) is 0 Å². The summed E-state index contributed by atoms with van der Waals surface area (Å²) in [5.41, 5.74) is 1.22. The quantitative estimate of drug-likeness (QED) is 0.806. The summed E-state index contributed by atoms with van der Waals surface area (Å²) in [6.45, 7) is 2.36. The highest BCUT2D eigenvalue weighted by Crippen LogP contribution is 2.17. The van der Waals surface area contributed by atoms with Crippen molar-refractivity contribution in [3.8, 4) is 0 Å². The number of carbonyl (C=O) groups is 2. The summed E-state index contributed by atoms with van der Waals surface area (Å²) in [6.07, 6.45) is 0. The second kappa shape index (κ2) is 8.11. The zero-order valence-corrected chi connectivity index (χ0v) is 15.6. The van der Waals surface area contributed by atoms with Gasteiger partial charge in [-0.15, -0.1) is 0 Å². The van der Waals surface area contributed by atoms with Crippen molar-refractivity contribution in [1.29, 1.82) is 0 Å². The highest BCUT2D eigenvalue weighted by atomic mass is 32.2. The molecule has 0 heterocycles. The Labute approximate surface area is 153 Å². The van der Waals surface area contributed by atoms with Gasteiger partial charge in [0.15, 0.2) is 0 Å². The highest BCUT2D eigenvalue weighted by molar-refractivity contribution is 7.89. The van der Waals surface area contributed by atoms with E-state index in [9.17, 15) is 18.0 Å². The van der Waals surface area contributed by atoms with E-state index in [4.69, 9.17) is 0 Å². The zero-order chi connectivity index (χ0) is 19.3. The van der Waals surface area contributed by atoms with Gasteiger partial charge in [0.25, 0.3) is 11.8 Å². The van der Waals surface area contributed by atoms with Crippen molar-refractivity contribution in [2.75, 3.05) is 26.0 Å². The van der Waals surface area contributed by atoms with Gasteiger partial charge < -0.3 is 10.6 Å². The minimum absolute atomic E-state index is 0.0433. The monoisotopic (exact) mass is 375 g/mol. The lowest BCUT2D eigenvalue weighted by molar-refractivity contribution is 0.0955. The van der Waals surface area contributed by atoms with Crippen molar-refractivity contribution < 1.29 is 18.0 Å². The molecule has 0 aliphatic heterocycles. The van der Waals surface area contributed by atoms with E-state index in [1.807, 2.05) is 6.92 Å². The smallest absolute Gasteiger partial charge is 0.255 e. The molecule has 2 rings (SSSR count). The van der Waals surface area contributed by atoms with Crippen LogP contribution in [0.3, 0.4) is 0 Å². The van der Waals surface area contributed by atoms with Crippen LogP contribution >= 0.6 is 0 Å². The molecule has 7 nitrogen and oxygen atoms in total. The molecule has 138 valence electrons. The van der Waals surface area contributed by atoms with Crippen molar-refractivity contribution in [1.82, 2.24) is 9.62 Å². The Balaban J connectivity index is 2.17. The van der Waals surface area contributed by atoms with E-state index in [2.05, 4.69) is 10.6 Å². The van der Waals surface area contributed by atoms with Gasteiger partial charge in [-0.25, -0.2) is 12.7 Å². The van der Waals surface area contributed by atoms with Gasteiger partial charge >= 0.3 is 0 Å². The lowest BCUT2D eigenvalue weighted by Crippen LogP contribution is -2.23. The van der Waals surface area contributed by atoms with Crippen molar-refractivity contribution in [3.63, 3.8) is 0 Å². The summed E-state index contributed by atoms with van der Waals surface area (Å²) < 4.78 is 25.4. The molecular weight excluding hydrogens is 354 g/mol. The Morgan fingerprint density at radius 2 is 1.62 bits per heavy atom. The molecule has 0 saturated carbocycles. The van der Waals surface area contributed by atoms with Gasteiger partial charge in [0.2, 0.25) is 10.0 Å². The number of nitrogens with one attached hydrogen (secondary N) is 2. The summed E-state index contributed by atoms with van der Waals surface area (Å²) in [4.78, 5) is 24.2. The molecule has 0 atom stereocenters. The Hall–Kier alpha value is -2.71. The Morgan fingerprint density at radius 1 is 0.962 bits per heavy atom. The average Bonchev–Trinajstić information content (AvgIpc) is 2.62. The fourth-order valence-corrected chi connectivity index (χ4v) is 3.13. The second-order valence-electron chi connectivity index (χ2n) is 5.71. The molecule has 0 aromatic heterocycles.